The van der Waals surface area contributed by atoms with Gasteiger partial charge in [0.1, 0.15) is 11.8 Å². The lowest BCUT2D eigenvalue weighted by Gasteiger charge is -2.19. The summed E-state index contributed by atoms with van der Waals surface area (Å²) in [5.41, 5.74) is 3.56. The Morgan fingerprint density at radius 3 is 2.48 bits per heavy atom. The molecule has 1 aromatic heterocycles. The van der Waals surface area contributed by atoms with Crippen LogP contribution in [0.2, 0.25) is 0 Å². The highest BCUT2D eigenvalue weighted by molar-refractivity contribution is 6.02. The third-order valence-electron chi connectivity index (χ3n) is 7.22. The first-order valence-corrected chi connectivity index (χ1v) is 14.4. The third-order valence-corrected chi connectivity index (χ3v) is 7.22. The monoisotopic (exact) mass is 565 g/mol. The predicted molar refractivity (Wildman–Crippen MR) is 163 cm³/mol. The fourth-order valence-corrected chi connectivity index (χ4v) is 5.08. The Morgan fingerprint density at radius 2 is 1.74 bits per heavy atom. The van der Waals surface area contributed by atoms with E-state index in [0.717, 1.165) is 40.8 Å². The zero-order valence-corrected chi connectivity index (χ0v) is 23.6. The maximum absolute atomic E-state index is 13.5. The summed E-state index contributed by atoms with van der Waals surface area (Å²) >= 11 is 0. The highest BCUT2D eigenvalue weighted by Crippen LogP contribution is 2.25. The number of rotatable bonds is 11. The van der Waals surface area contributed by atoms with Crippen molar-refractivity contribution < 1.29 is 23.9 Å². The fraction of sp³-hybridized carbons (Fsp3) is 0.265. The van der Waals surface area contributed by atoms with Crippen molar-refractivity contribution in [1.29, 1.82) is 0 Å². The van der Waals surface area contributed by atoms with Crippen molar-refractivity contribution in [2.45, 2.75) is 51.2 Å². The third kappa shape index (κ3) is 7.66. The van der Waals surface area contributed by atoms with E-state index >= 15 is 0 Å². The van der Waals surface area contributed by atoms with Crippen LogP contribution in [0.5, 0.6) is 5.75 Å². The standard InChI is InChI=1S/C34H35N3O5/c1-2-41-32(38)19-15-26-21-25-22-27(14-18-30(25)35-26)36-34(40)31(20-23-8-4-3-5-9-23)37-33(39)24-12-16-29(17-13-24)42-28-10-6-7-11-28/h3-5,8-9,12-19,21-22,28,31,35H,2,6-7,10-11,20H2,1H3,(H,36,40)(H,37,39)/b19-15+. The number of ether oxygens (including phenoxy) is 2. The van der Waals surface area contributed by atoms with E-state index in [1.165, 1.54) is 18.9 Å². The van der Waals surface area contributed by atoms with Crippen LogP contribution in [0.15, 0.2) is 84.9 Å². The lowest BCUT2D eigenvalue weighted by atomic mass is 10.0. The molecule has 1 heterocycles. The molecule has 2 amide bonds. The molecule has 1 aliphatic carbocycles. The first kappa shape index (κ1) is 28.7. The highest BCUT2D eigenvalue weighted by Gasteiger charge is 2.23. The zero-order chi connectivity index (χ0) is 29.3. The maximum atomic E-state index is 13.5. The molecule has 0 bridgehead atoms. The average Bonchev–Trinajstić information content (AvgIpc) is 3.66. The van der Waals surface area contributed by atoms with Gasteiger partial charge in [0.05, 0.1) is 12.7 Å². The van der Waals surface area contributed by atoms with Gasteiger partial charge < -0.3 is 25.1 Å². The van der Waals surface area contributed by atoms with Gasteiger partial charge in [-0.2, -0.15) is 0 Å². The lowest BCUT2D eigenvalue weighted by Crippen LogP contribution is -2.45. The molecule has 3 aromatic carbocycles. The first-order chi connectivity index (χ1) is 20.5. The number of hydrogen-bond donors (Lipinski definition) is 3. The Balaban J connectivity index is 1.28. The molecular formula is C34H35N3O5. The second kappa shape index (κ2) is 13.7. The molecular weight excluding hydrogens is 530 g/mol. The Bertz CT molecular complexity index is 1550. The number of H-pyrrole nitrogens is 1. The van der Waals surface area contributed by atoms with Crippen molar-refractivity contribution in [3.05, 3.63) is 102 Å². The van der Waals surface area contributed by atoms with Gasteiger partial charge in [-0.3, -0.25) is 9.59 Å². The van der Waals surface area contributed by atoms with Crippen molar-refractivity contribution in [3.8, 4) is 5.75 Å². The summed E-state index contributed by atoms with van der Waals surface area (Å²) in [7, 11) is 0. The molecule has 42 heavy (non-hydrogen) atoms. The predicted octanol–water partition coefficient (Wildman–Crippen LogP) is 6.05. The van der Waals surface area contributed by atoms with E-state index in [4.69, 9.17) is 9.47 Å². The molecule has 0 radical (unpaired) electrons. The van der Waals surface area contributed by atoms with Crippen molar-refractivity contribution in [2.75, 3.05) is 11.9 Å². The van der Waals surface area contributed by atoms with Crippen LogP contribution in [0.4, 0.5) is 5.69 Å². The Labute approximate surface area is 245 Å². The molecule has 8 heteroatoms. The lowest BCUT2D eigenvalue weighted by molar-refractivity contribution is -0.137. The van der Waals surface area contributed by atoms with Gasteiger partial charge in [0.2, 0.25) is 5.91 Å². The summed E-state index contributed by atoms with van der Waals surface area (Å²) in [6, 6.07) is 23.2. The van der Waals surface area contributed by atoms with E-state index in [9.17, 15) is 14.4 Å². The fourth-order valence-electron chi connectivity index (χ4n) is 5.08. The van der Waals surface area contributed by atoms with Crippen LogP contribution in [-0.4, -0.2) is 41.5 Å². The van der Waals surface area contributed by atoms with Crippen molar-refractivity contribution in [3.63, 3.8) is 0 Å². The van der Waals surface area contributed by atoms with E-state index in [0.29, 0.717) is 24.3 Å². The molecule has 1 atom stereocenters. The van der Waals surface area contributed by atoms with Crippen LogP contribution >= 0.6 is 0 Å². The second-order valence-corrected chi connectivity index (χ2v) is 10.4. The number of carbonyl (C=O) groups is 3. The summed E-state index contributed by atoms with van der Waals surface area (Å²) in [5, 5.41) is 6.74. The van der Waals surface area contributed by atoms with Gasteiger partial charge >= 0.3 is 5.97 Å². The number of carbonyl (C=O) groups excluding carboxylic acids is 3. The smallest absolute Gasteiger partial charge is 0.330 e. The van der Waals surface area contributed by atoms with Gasteiger partial charge in [0.25, 0.3) is 5.91 Å². The minimum absolute atomic E-state index is 0.238. The summed E-state index contributed by atoms with van der Waals surface area (Å²) in [6.07, 6.45) is 8.07. The van der Waals surface area contributed by atoms with Crippen molar-refractivity contribution >= 4 is 40.4 Å². The summed E-state index contributed by atoms with van der Waals surface area (Å²) in [5.74, 6) is -0.330. The zero-order valence-electron chi connectivity index (χ0n) is 23.6. The topological polar surface area (TPSA) is 110 Å². The molecule has 1 fully saturated rings. The normalized spacial score (nSPS) is 14.1. The van der Waals surface area contributed by atoms with Crippen LogP contribution in [0.1, 0.15) is 54.2 Å². The Kier molecular flexibility index (Phi) is 9.33. The highest BCUT2D eigenvalue weighted by atomic mass is 16.5. The van der Waals surface area contributed by atoms with Crippen LogP contribution in [0, 0.1) is 0 Å². The average molecular weight is 566 g/mol. The number of esters is 1. The van der Waals surface area contributed by atoms with E-state index in [2.05, 4.69) is 15.6 Å². The number of fused-ring (bicyclic) bond motifs is 1. The van der Waals surface area contributed by atoms with Gasteiger partial charge in [0, 0.05) is 40.3 Å². The molecule has 5 rings (SSSR count). The molecule has 1 unspecified atom stereocenters. The number of aromatic amines is 1. The van der Waals surface area contributed by atoms with E-state index < -0.39 is 12.0 Å². The largest absolute Gasteiger partial charge is 0.490 e. The SMILES string of the molecule is CCOC(=O)/C=C/c1cc2cc(NC(=O)C(Cc3ccccc3)NC(=O)c3ccc(OC4CCCC4)cc3)ccc2[nH]1. The van der Waals surface area contributed by atoms with Gasteiger partial charge in [-0.1, -0.05) is 30.3 Å². The van der Waals surface area contributed by atoms with Crippen molar-refractivity contribution in [2.24, 2.45) is 0 Å². The van der Waals surface area contributed by atoms with Crippen LogP contribution in [0.3, 0.4) is 0 Å². The molecule has 216 valence electrons. The Hall–Kier alpha value is -4.85. The maximum Gasteiger partial charge on any atom is 0.330 e. The molecule has 3 N–H and O–H groups in total. The Morgan fingerprint density at radius 1 is 0.976 bits per heavy atom. The van der Waals surface area contributed by atoms with Crippen molar-refractivity contribution in [1.82, 2.24) is 10.3 Å². The quantitative estimate of drug-likeness (QED) is 0.152. The van der Waals surface area contributed by atoms with Crippen LogP contribution in [0.25, 0.3) is 17.0 Å². The number of anilines is 1. The number of hydrogen-bond acceptors (Lipinski definition) is 5. The van der Waals surface area contributed by atoms with E-state index in [-0.39, 0.29) is 17.9 Å². The van der Waals surface area contributed by atoms with E-state index in [1.807, 2.05) is 60.7 Å². The van der Waals surface area contributed by atoms with E-state index in [1.54, 1.807) is 31.2 Å². The molecule has 0 spiro atoms. The van der Waals surface area contributed by atoms with Crippen LogP contribution < -0.4 is 15.4 Å². The molecule has 1 saturated carbocycles. The first-order valence-electron chi connectivity index (χ1n) is 14.4. The molecule has 0 aliphatic heterocycles. The second-order valence-electron chi connectivity index (χ2n) is 10.4. The summed E-state index contributed by atoms with van der Waals surface area (Å²) in [6.45, 7) is 2.07. The number of nitrogens with one attached hydrogen (secondary N) is 3. The molecule has 4 aromatic rings. The minimum Gasteiger partial charge on any atom is -0.490 e. The summed E-state index contributed by atoms with van der Waals surface area (Å²) in [4.78, 5) is 41.6. The number of aromatic nitrogens is 1. The minimum atomic E-state index is -0.806. The van der Waals surface area contributed by atoms with Gasteiger partial charge in [-0.05, 0) is 92.8 Å². The number of amides is 2. The molecule has 8 nitrogen and oxygen atoms in total. The van der Waals surface area contributed by atoms with Crippen LogP contribution in [-0.2, 0) is 20.7 Å². The molecule has 0 saturated heterocycles. The van der Waals surface area contributed by atoms with Gasteiger partial charge in [0.15, 0.2) is 0 Å². The van der Waals surface area contributed by atoms with Gasteiger partial charge in [-0.15, -0.1) is 0 Å². The van der Waals surface area contributed by atoms with Gasteiger partial charge in [-0.25, -0.2) is 4.79 Å². The number of benzene rings is 3. The molecule has 1 aliphatic rings. The summed E-state index contributed by atoms with van der Waals surface area (Å²) < 4.78 is 10.9.